The molecule has 2 aromatic heterocycles. The second kappa shape index (κ2) is 5.60. The lowest BCUT2D eigenvalue weighted by Crippen LogP contribution is -2.08. The zero-order valence-electron chi connectivity index (χ0n) is 9.24. The summed E-state index contributed by atoms with van der Waals surface area (Å²) in [5, 5.41) is 16.3. The van der Waals surface area contributed by atoms with Crippen LogP contribution in [0.15, 0.2) is 23.6 Å². The van der Waals surface area contributed by atoms with E-state index in [4.69, 9.17) is 5.11 Å². The van der Waals surface area contributed by atoms with Crippen LogP contribution in [0.3, 0.4) is 0 Å². The molecule has 90 valence electrons. The second-order valence-electron chi connectivity index (χ2n) is 3.01. The number of thioether (sulfide) groups is 1. The van der Waals surface area contributed by atoms with Crippen molar-refractivity contribution >= 4 is 17.7 Å². The fourth-order valence-electron chi connectivity index (χ4n) is 1.15. The van der Waals surface area contributed by atoms with Crippen LogP contribution in [0.1, 0.15) is 0 Å². The summed E-state index contributed by atoms with van der Waals surface area (Å²) < 4.78 is 1.56. The van der Waals surface area contributed by atoms with Crippen molar-refractivity contribution < 1.29 is 5.11 Å². The molecule has 0 spiro atoms. The molecule has 0 fully saturated rings. The molecule has 0 saturated carbocycles. The van der Waals surface area contributed by atoms with Gasteiger partial charge in [-0.05, 0) is 6.07 Å². The summed E-state index contributed by atoms with van der Waals surface area (Å²) >= 11 is 1.37. The molecule has 0 saturated heterocycles. The van der Waals surface area contributed by atoms with E-state index < -0.39 is 0 Å². The van der Waals surface area contributed by atoms with E-state index in [1.807, 2.05) is 0 Å². The Labute approximate surface area is 102 Å². The largest absolute Gasteiger partial charge is 0.396 e. The lowest BCUT2D eigenvalue weighted by Gasteiger charge is -2.05. The standard InChI is InChI=1S/C9H12N6OS/c1-10-7-12-8(15-4-2-3-11-15)14-9(13-7)17-6-5-16/h2-4,16H,5-6H2,1H3,(H,10,12,13,14). The van der Waals surface area contributed by atoms with Crippen LogP contribution in [0.5, 0.6) is 0 Å². The third kappa shape index (κ3) is 2.92. The van der Waals surface area contributed by atoms with Crippen molar-refractivity contribution in [2.45, 2.75) is 5.16 Å². The minimum atomic E-state index is 0.0857. The van der Waals surface area contributed by atoms with Gasteiger partial charge < -0.3 is 10.4 Å². The average molecular weight is 252 g/mol. The summed E-state index contributed by atoms with van der Waals surface area (Å²) in [6.07, 6.45) is 3.42. The molecule has 8 heteroatoms. The zero-order chi connectivity index (χ0) is 12.1. The van der Waals surface area contributed by atoms with Crippen molar-refractivity contribution in [2.24, 2.45) is 0 Å². The number of rotatable bonds is 5. The maximum atomic E-state index is 8.78. The number of anilines is 1. The van der Waals surface area contributed by atoms with Crippen LogP contribution in [0.4, 0.5) is 5.95 Å². The molecule has 0 aliphatic rings. The SMILES string of the molecule is CNc1nc(SCCO)nc(-n2cccn2)n1. The van der Waals surface area contributed by atoms with Gasteiger partial charge in [-0.2, -0.15) is 20.1 Å². The van der Waals surface area contributed by atoms with Gasteiger partial charge in [-0.25, -0.2) is 4.68 Å². The fraction of sp³-hybridized carbons (Fsp3) is 0.333. The normalized spacial score (nSPS) is 10.5. The van der Waals surface area contributed by atoms with Crippen molar-refractivity contribution in [3.63, 3.8) is 0 Å². The highest BCUT2D eigenvalue weighted by Crippen LogP contribution is 2.15. The molecule has 0 aliphatic heterocycles. The van der Waals surface area contributed by atoms with Crippen molar-refractivity contribution in [3.05, 3.63) is 18.5 Å². The number of aliphatic hydroxyl groups is 1. The van der Waals surface area contributed by atoms with Crippen molar-refractivity contribution in [3.8, 4) is 5.95 Å². The Kier molecular flexibility index (Phi) is 3.89. The van der Waals surface area contributed by atoms with E-state index in [1.54, 1.807) is 30.2 Å². The van der Waals surface area contributed by atoms with Gasteiger partial charge in [0, 0.05) is 25.2 Å². The Balaban J connectivity index is 2.32. The Bertz CT molecular complexity index is 474. The third-order valence-electron chi connectivity index (χ3n) is 1.86. The van der Waals surface area contributed by atoms with Gasteiger partial charge >= 0.3 is 0 Å². The lowest BCUT2D eigenvalue weighted by molar-refractivity contribution is 0.322. The number of hydrogen-bond acceptors (Lipinski definition) is 7. The smallest absolute Gasteiger partial charge is 0.256 e. The number of aliphatic hydroxyl groups excluding tert-OH is 1. The quantitative estimate of drug-likeness (QED) is 0.734. The Morgan fingerprint density at radius 2 is 2.29 bits per heavy atom. The first-order chi connectivity index (χ1) is 8.33. The van der Waals surface area contributed by atoms with Gasteiger partial charge in [0.15, 0.2) is 5.16 Å². The van der Waals surface area contributed by atoms with E-state index in [0.29, 0.717) is 22.8 Å². The molecule has 7 nitrogen and oxygen atoms in total. The highest BCUT2D eigenvalue weighted by atomic mass is 32.2. The van der Waals surface area contributed by atoms with Gasteiger partial charge in [-0.15, -0.1) is 0 Å². The van der Waals surface area contributed by atoms with Crippen LogP contribution in [-0.2, 0) is 0 Å². The van der Waals surface area contributed by atoms with Crippen molar-refractivity contribution in [1.82, 2.24) is 24.7 Å². The van der Waals surface area contributed by atoms with Gasteiger partial charge in [-0.1, -0.05) is 11.8 Å². The van der Waals surface area contributed by atoms with Crippen molar-refractivity contribution in [2.75, 3.05) is 24.7 Å². The van der Waals surface area contributed by atoms with E-state index in [2.05, 4.69) is 25.4 Å². The summed E-state index contributed by atoms with van der Waals surface area (Å²) in [6, 6.07) is 1.80. The maximum absolute atomic E-state index is 8.78. The molecule has 0 atom stereocenters. The van der Waals surface area contributed by atoms with E-state index in [0.717, 1.165) is 0 Å². The first-order valence-corrected chi connectivity index (χ1v) is 5.99. The lowest BCUT2D eigenvalue weighted by atomic mass is 10.7. The summed E-state index contributed by atoms with van der Waals surface area (Å²) in [5.74, 6) is 1.48. The highest BCUT2D eigenvalue weighted by Gasteiger charge is 2.07. The summed E-state index contributed by atoms with van der Waals surface area (Å²) in [4.78, 5) is 12.6. The minimum Gasteiger partial charge on any atom is -0.396 e. The summed E-state index contributed by atoms with van der Waals surface area (Å²) in [7, 11) is 1.74. The molecule has 2 N–H and O–H groups in total. The molecule has 2 aromatic rings. The second-order valence-corrected chi connectivity index (χ2v) is 4.08. The molecule has 2 heterocycles. The molecular formula is C9H12N6OS. The number of aromatic nitrogens is 5. The number of hydrogen-bond donors (Lipinski definition) is 2. The van der Waals surface area contributed by atoms with Gasteiger partial charge in [0.2, 0.25) is 5.95 Å². The number of nitrogens with zero attached hydrogens (tertiary/aromatic N) is 5. The minimum absolute atomic E-state index is 0.0857. The van der Waals surface area contributed by atoms with E-state index in [-0.39, 0.29) is 6.61 Å². The topological polar surface area (TPSA) is 88.8 Å². The molecule has 2 rings (SSSR count). The van der Waals surface area contributed by atoms with Gasteiger partial charge in [0.05, 0.1) is 6.61 Å². The predicted octanol–water partition coefficient (Wildman–Crippen LogP) is 0.183. The zero-order valence-corrected chi connectivity index (χ0v) is 10.1. The first kappa shape index (κ1) is 11.8. The molecule has 0 unspecified atom stereocenters. The molecule has 0 radical (unpaired) electrons. The molecular weight excluding hydrogens is 240 g/mol. The third-order valence-corrected chi connectivity index (χ3v) is 2.69. The van der Waals surface area contributed by atoms with E-state index >= 15 is 0 Å². The van der Waals surface area contributed by atoms with E-state index in [9.17, 15) is 0 Å². The maximum Gasteiger partial charge on any atom is 0.256 e. The molecule has 0 aliphatic carbocycles. The molecule has 0 bridgehead atoms. The van der Waals surface area contributed by atoms with Gasteiger partial charge in [-0.3, -0.25) is 0 Å². The van der Waals surface area contributed by atoms with Gasteiger partial charge in [0.25, 0.3) is 5.95 Å². The van der Waals surface area contributed by atoms with Crippen molar-refractivity contribution in [1.29, 1.82) is 0 Å². The van der Waals surface area contributed by atoms with E-state index in [1.165, 1.54) is 11.8 Å². The van der Waals surface area contributed by atoms with Crippen LogP contribution in [0.2, 0.25) is 0 Å². The van der Waals surface area contributed by atoms with Gasteiger partial charge in [0.1, 0.15) is 0 Å². The Morgan fingerprint density at radius 3 is 2.94 bits per heavy atom. The van der Waals surface area contributed by atoms with Crippen LogP contribution < -0.4 is 5.32 Å². The first-order valence-electron chi connectivity index (χ1n) is 5.01. The highest BCUT2D eigenvalue weighted by molar-refractivity contribution is 7.99. The van der Waals surface area contributed by atoms with Crippen LogP contribution in [0, 0.1) is 0 Å². The Hall–Kier alpha value is -1.67. The average Bonchev–Trinajstić information content (AvgIpc) is 2.89. The van der Waals surface area contributed by atoms with Crippen LogP contribution in [-0.4, -0.2) is 49.2 Å². The predicted molar refractivity (Wildman–Crippen MR) is 64.3 cm³/mol. The number of nitrogens with one attached hydrogen (secondary N) is 1. The Morgan fingerprint density at radius 1 is 1.41 bits per heavy atom. The molecule has 0 aromatic carbocycles. The van der Waals surface area contributed by atoms with Crippen LogP contribution in [0.25, 0.3) is 5.95 Å². The molecule has 17 heavy (non-hydrogen) atoms. The fourth-order valence-corrected chi connectivity index (χ4v) is 1.72. The van der Waals surface area contributed by atoms with Crippen LogP contribution >= 0.6 is 11.8 Å². The summed E-state index contributed by atoms with van der Waals surface area (Å²) in [6.45, 7) is 0.0857. The monoisotopic (exact) mass is 252 g/mol. The molecule has 0 amide bonds. The summed E-state index contributed by atoms with van der Waals surface area (Å²) in [5.41, 5.74) is 0.